The van der Waals surface area contributed by atoms with Crippen molar-refractivity contribution in [3.63, 3.8) is 0 Å². The van der Waals surface area contributed by atoms with E-state index >= 15 is 0 Å². The minimum absolute atomic E-state index is 0.101. The maximum absolute atomic E-state index is 13.4. The number of carbonyl (C=O) groups is 1. The second-order valence-electron chi connectivity index (χ2n) is 3.42. The van der Waals surface area contributed by atoms with Gasteiger partial charge in [-0.3, -0.25) is 4.79 Å². The molecular weight excluding hydrogens is 306 g/mol. The molecule has 0 aliphatic heterocycles. The van der Waals surface area contributed by atoms with Gasteiger partial charge in [0.25, 0.3) is 5.91 Å². The van der Waals surface area contributed by atoms with Crippen molar-refractivity contribution in [1.29, 1.82) is 0 Å². The lowest BCUT2D eigenvalue weighted by atomic mass is 10.2. The lowest BCUT2D eigenvalue weighted by Gasteiger charge is -2.06. The number of anilines is 1. The molecule has 0 fully saturated rings. The van der Waals surface area contributed by atoms with Gasteiger partial charge in [-0.15, -0.1) is 0 Å². The highest BCUT2D eigenvalue weighted by atomic mass is 79.9. The van der Waals surface area contributed by atoms with Gasteiger partial charge in [-0.25, -0.2) is 13.8 Å². The van der Waals surface area contributed by atoms with Crippen LogP contribution in [0.4, 0.5) is 14.6 Å². The fourth-order valence-corrected chi connectivity index (χ4v) is 1.75. The van der Waals surface area contributed by atoms with Crippen molar-refractivity contribution < 1.29 is 13.6 Å². The van der Waals surface area contributed by atoms with Crippen molar-refractivity contribution in [3.05, 3.63) is 58.2 Å². The van der Waals surface area contributed by atoms with Gasteiger partial charge in [0.05, 0.1) is 16.2 Å². The van der Waals surface area contributed by atoms with Crippen LogP contribution >= 0.6 is 15.9 Å². The largest absolute Gasteiger partial charge is 0.306 e. The molecule has 1 amide bonds. The molecule has 0 spiro atoms. The first kappa shape index (κ1) is 12.6. The molecule has 0 bridgehead atoms. The molecule has 0 unspecified atom stereocenters. The minimum Gasteiger partial charge on any atom is -0.306 e. The van der Waals surface area contributed by atoms with Crippen molar-refractivity contribution in [2.24, 2.45) is 0 Å². The zero-order chi connectivity index (χ0) is 13.1. The summed E-state index contributed by atoms with van der Waals surface area (Å²) < 4.78 is 26.4. The van der Waals surface area contributed by atoms with Crippen LogP contribution < -0.4 is 5.32 Å². The van der Waals surface area contributed by atoms with Crippen molar-refractivity contribution in [2.75, 3.05) is 5.32 Å². The average Bonchev–Trinajstić information content (AvgIpc) is 2.33. The Balaban J connectivity index is 2.24. The highest BCUT2D eigenvalue weighted by molar-refractivity contribution is 9.10. The first-order valence-electron chi connectivity index (χ1n) is 4.95. The lowest BCUT2D eigenvalue weighted by Crippen LogP contribution is -2.15. The van der Waals surface area contributed by atoms with Gasteiger partial charge in [-0.1, -0.05) is 12.1 Å². The summed E-state index contributed by atoms with van der Waals surface area (Å²) in [5.41, 5.74) is -0.101. The molecule has 1 N–H and O–H groups in total. The lowest BCUT2D eigenvalue weighted by molar-refractivity contribution is 0.102. The molecule has 0 aliphatic rings. The summed E-state index contributed by atoms with van der Waals surface area (Å²) in [5.74, 6) is -1.68. The first-order chi connectivity index (χ1) is 8.58. The Morgan fingerprint density at radius 3 is 2.67 bits per heavy atom. The van der Waals surface area contributed by atoms with Crippen LogP contribution in [-0.4, -0.2) is 10.9 Å². The van der Waals surface area contributed by atoms with Gasteiger partial charge in [0.1, 0.15) is 17.5 Å². The van der Waals surface area contributed by atoms with Crippen LogP contribution in [0.25, 0.3) is 0 Å². The second kappa shape index (κ2) is 5.22. The smallest absolute Gasteiger partial charge is 0.259 e. The molecule has 2 aromatic rings. The average molecular weight is 313 g/mol. The highest BCUT2D eigenvalue weighted by Gasteiger charge is 2.13. The normalized spacial score (nSPS) is 10.2. The Kier molecular flexibility index (Phi) is 3.66. The monoisotopic (exact) mass is 312 g/mol. The maximum atomic E-state index is 13.4. The van der Waals surface area contributed by atoms with E-state index in [2.05, 4.69) is 26.2 Å². The Morgan fingerprint density at radius 2 is 2.00 bits per heavy atom. The predicted octanol–water partition coefficient (Wildman–Crippen LogP) is 3.37. The number of hydrogen-bond donors (Lipinski definition) is 1. The number of halogens is 3. The van der Waals surface area contributed by atoms with Crippen LogP contribution in [0.5, 0.6) is 0 Å². The number of carbonyl (C=O) groups excluding carboxylic acids is 1. The van der Waals surface area contributed by atoms with Crippen molar-refractivity contribution in [2.45, 2.75) is 0 Å². The molecule has 1 heterocycles. The van der Waals surface area contributed by atoms with E-state index < -0.39 is 17.5 Å². The molecular formula is C12H7BrF2N2O. The van der Waals surface area contributed by atoms with Crippen LogP contribution in [0.1, 0.15) is 10.4 Å². The predicted molar refractivity (Wildman–Crippen MR) is 66.2 cm³/mol. The Bertz CT molecular complexity index is 604. The van der Waals surface area contributed by atoms with E-state index in [-0.39, 0.29) is 15.9 Å². The summed E-state index contributed by atoms with van der Waals surface area (Å²) in [4.78, 5) is 15.5. The molecule has 0 aliphatic carbocycles. The van der Waals surface area contributed by atoms with Crippen LogP contribution in [-0.2, 0) is 0 Å². The molecule has 0 atom stereocenters. The van der Waals surface area contributed by atoms with E-state index in [1.807, 2.05) is 0 Å². The van der Waals surface area contributed by atoms with Gasteiger partial charge in [0.15, 0.2) is 0 Å². The minimum atomic E-state index is -0.645. The van der Waals surface area contributed by atoms with Crippen LogP contribution in [0.2, 0.25) is 0 Å². The molecule has 92 valence electrons. The Hall–Kier alpha value is -1.82. The first-order valence-corrected chi connectivity index (χ1v) is 5.74. The third kappa shape index (κ3) is 2.70. The molecule has 1 aromatic heterocycles. The van der Waals surface area contributed by atoms with Gasteiger partial charge >= 0.3 is 0 Å². The quantitative estimate of drug-likeness (QED) is 0.923. The SMILES string of the molecule is O=C(Nc1ncc(F)cc1Br)c1ccccc1F. The number of aromatic nitrogens is 1. The Morgan fingerprint density at radius 1 is 1.28 bits per heavy atom. The molecule has 2 rings (SSSR count). The molecule has 0 radical (unpaired) electrons. The number of rotatable bonds is 2. The van der Waals surface area contributed by atoms with E-state index in [0.717, 1.165) is 12.3 Å². The number of nitrogens with one attached hydrogen (secondary N) is 1. The topological polar surface area (TPSA) is 42.0 Å². The van der Waals surface area contributed by atoms with E-state index in [1.54, 1.807) is 6.07 Å². The van der Waals surface area contributed by atoms with Gasteiger partial charge in [0, 0.05) is 0 Å². The van der Waals surface area contributed by atoms with Gasteiger partial charge in [-0.05, 0) is 34.1 Å². The molecule has 0 saturated heterocycles. The summed E-state index contributed by atoms with van der Waals surface area (Å²) in [6, 6.07) is 6.72. The van der Waals surface area contributed by atoms with Gasteiger partial charge < -0.3 is 5.32 Å². The van der Waals surface area contributed by atoms with Crippen molar-refractivity contribution >= 4 is 27.7 Å². The van der Waals surface area contributed by atoms with Gasteiger partial charge in [-0.2, -0.15) is 0 Å². The van der Waals surface area contributed by atoms with Crippen LogP contribution in [0.15, 0.2) is 41.0 Å². The zero-order valence-electron chi connectivity index (χ0n) is 8.95. The van der Waals surface area contributed by atoms with Crippen molar-refractivity contribution in [1.82, 2.24) is 4.98 Å². The third-order valence-corrected chi connectivity index (χ3v) is 2.76. The van der Waals surface area contributed by atoms with E-state index in [0.29, 0.717) is 0 Å². The molecule has 0 saturated carbocycles. The number of benzene rings is 1. The molecule has 1 aromatic carbocycles. The summed E-state index contributed by atoms with van der Waals surface area (Å²) in [6.07, 6.45) is 0.960. The van der Waals surface area contributed by atoms with E-state index in [1.165, 1.54) is 18.2 Å². The Labute approximate surface area is 110 Å². The molecule has 3 nitrogen and oxygen atoms in total. The van der Waals surface area contributed by atoms with E-state index in [9.17, 15) is 13.6 Å². The van der Waals surface area contributed by atoms with Crippen LogP contribution in [0.3, 0.4) is 0 Å². The third-order valence-electron chi connectivity index (χ3n) is 2.16. The zero-order valence-corrected chi connectivity index (χ0v) is 10.5. The standard InChI is InChI=1S/C12H7BrF2N2O/c13-9-5-7(14)6-16-11(9)17-12(18)8-3-1-2-4-10(8)15/h1-6H,(H,16,17,18). The number of hydrogen-bond acceptors (Lipinski definition) is 2. The number of nitrogens with zero attached hydrogens (tertiary/aromatic N) is 1. The summed E-state index contributed by atoms with van der Waals surface area (Å²) >= 11 is 3.06. The van der Waals surface area contributed by atoms with Crippen LogP contribution in [0, 0.1) is 11.6 Å². The molecule has 18 heavy (non-hydrogen) atoms. The number of pyridine rings is 1. The molecule has 6 heteroatoms. The summed E-state index contributed by atoms with van der Waals surface area (Å²) in [5, 5.41) is 2.39. The van der Waals surface area contributed by atoms with Gasteiger partial charge in [0.2, 0.25) is 0 Å². The summed E-state index contributed by atoms with van der Waals surface area (Å²) in [7, 11) is 0. The number of amides is 1. The highest BCUT2D eigenvalue weighted by Crippen LogP contribution is 2.21. The summed E-state index contributed by atoms with van der Waals surface area (Å²) in [6.45, 7) is 0. The van der Waals surface area contributed by atoms with Crippen molar-refractivity contribution in [3.8, 4) is 0 Å². The maximum Gasteiger partial charge on any atom is 0.259 e. The second-order valence-corrected chi connectivity index (χ2v) is 4.27. The fourth-order valence-electron chi connectivity index (χ4n) is 1.33. The van der Waals surface area contributed by atoms with E-state index in [4.69, 9.17) is 0 Å². The fraction of sp³-hybridized carbons (Fsp3) is 0.